The molecule has 4 bridgehead atoms. The Morgan fingerprint density at radius 2 is 1.76 bits per heavy atom. The maximum atomic E-state index is 12.6. The van der Waals surface area contributed by atoms with Gasteiger partial charge in [0.25, 0.3) is 0 Å². The first kappa shape index (κ1) is 15.2. The lowest BCUT2D eigenvalue weighted by molar-refractivity contribution is -0.127. The predicted octanol–water partition coefficient (Wildman–Crippen LogP) is 3.07. The number of carbonyl (C=O) groups is 1. The van der Waals surface area contributed by atoms with Gasteiger partial charge in [0.15, 0.2) is 5.58 Å². The predicted molar refractivity (Wildman–Crippen MR) is 94.1 cm³/mol. The summed E-state index contributed by atoms with van der Waals surface area (Å²) in [7, 11) is 0. The number of nitrogens with one attached hydrogen (secondary N) is 1. The van der Waals surface area contributed by atoms with E-state index in [2.05, 4.69) is 5.32 Å². The summed E-state index contributed by atoms with van der Waals surface area (Å²) in [6.07, 6.45) is 7.88. The van der Waals surface area contributed by atoms with Gasteiger partial charge in [0.2, 0.25) is 5.91 Å². The fraction of sp³-hybridized carbons (Fsp3) is 0.600. The van der Waals surface area contributed by atoms with Crippen LogP contribution in [0.2, 0.25) is 0 Å². The van der Waals surface area contributed by atoms with Crippen molar-refractivity contribution in [2.24, 2.45) is 17.8 Å². The van der Waals surface area contributed by atoms with Crippen molar-refractivity contribution in [3.05, 3.63) is 34.8 Å². The Balaban J connectivity index is 1.28. The molecule has 25 heavy (non-hydrogen) atoms. The van der Waals surface area contributed by atoms with Crippen LogP contribution in [0.15, 0.2) is 33.5 Å². The van der Waals surface area contributed by atoms with Gasteiger partial charge in [-0.15, -0.1) is 0 Å². The molecule has 4 fully saturated rings. The molecular weight excluding hydrogens is 316 g/mol. The molecule has 0 unspecified atom stereocenters. The number of carbonyl (C=O) groups excluding carboxylic acids is 1. The molecule has 6 rings (SSSR count). The van der Waals surface area contributed by atoms with E-state index in [1.54, 1.807) is 10.6 Å². The number of hydrogen-bond donors (Lipinski definition) is 1. The monoisotopic (exact) mass is 340 g/mol. The summed E-state index contributed by atoms with van der Waals surface area (Å²) in [5, 5.41) is 3.37. The van der Waals surface area contributed by atoms with Gasteiger partial charge in [0.05, 0.1) is 5.52 Å². The topological polar surface area (TPSA) is 64.2 Å². The Labute approximate surface area is 146 Å². The van der Waals surface area contributed by atoms with Crippen molar-refractivity contribution in [1.82, 2.24) is 9.88 Å². The third-order valence-electron chi connectivity index (χ3n) is 6.58. The van der Waals surface area contributed by atoms with Crippen LogP contribution in [0.3, 0.4) is 0 Å². The van der Waals surface area contributed by atoms with Gasteiger partial charge in [-0.2, -0.15) is 0 Å². The van der Waals surface area contributed by atoms with Gasteiger partial charge in [-0.25, -0.2) is 4.79 Å². The largest absolute Gasteiger partial charge is 0.419 e. The van der Waals surface area contributed by atoms with Crippen molar-refractivity contribution in [3.63, 3.8) is 0 Å². The SMILES string of the molecule is O=C(CCn1c(=O)oc2ccccc21)NC12CC3CC(CC(C3)C1)C2. The average Bonchev–Trinajstić information content (AvgIpc) is 2.86. The highest BCUT2D eigenvalue weighted by atomic mass is 16.4. The third-order valence-corrected chi connectivity index (χ3v) is 6.58. The first-order valence-electron chi connectivity index (χ1n) is 9.50. The number of oxazole rings is 1. The zero-order valence-electron chi connectivity index (χ0n) is 14.4. The van der Waals surface area contributed by atoms with Crippen molar-refractivity contribution in [3.8, 4) is 0 Å². The zero-order valence-corrected chi connectivity index (χ0v) is 14.4. The van der Waals surface area contributed by atoms with Crippen LogP contribution in [-0.2, 0) is 11.3 Å². The summed E-state index contributed by atoms with van der Waals surface area (Å²) in [5.41, 5.74) is 1.37. The van der Waals surface area contributed by atoms with E-state index in [1.165, 1.54) is 19.3 Å². The first-order chi connectivity index (χ1) is 12.1. The second kappa shape index (κ2) is 5.48. The molecule has 0 spiro atoms. The van der Waals surface area contributed by atoms with Crippen LogP contribution in [0, 0.1) is 17.8 Å². The van der Waals surface area contributed by atoms with Gasteiger partial charge in [0, 0.05) is 18.5 Å². The van der Waals surface area contributed by atoms with E-state index in [0.717, 1.165) is 42.5 Å². The molecular formula is C20H24N2O3. The highest BCUT2D eigenvalue weighted by Gasteiger charge is 2.51. The quantitative estimate of drug-likeness (QED) is 0.930. The van der Waals surface area contributed by atoms with E-state index < -0.39 is 0 Å². The maximum Gasteiger partial charge on any atom is 0.419 e. The fourth-order valence-corrected chi connectivity index (χ4v) is 6.06. The van der Waals surface area contributed by atoms with Crippen molar-refractivity contribution in [2.45, 2.75) is 57.0 Å². The molecule has 1 N–H and O–H groups in total. The van der Waals surface area contributed by atoms with Crippen LogP contribution >= 0.6 is 0 Å². The highest BCUT2D eigenvalue weighted by Crippen LogP contribution is 2.55. The standard InChI is InChI=1S/C20H24N2O3/c23-18(5-6-22-16-3-1-2-4-17(16)25-19(22)24)21-20-10-13-7-14(11-20)9-15(8-13)12-20/h1-4,13-15H,5-12H2,(H,21,23). The Kier molecular flexibility index (Phi) is 3.34. The molecule has 0 saturated heterocycles. The van der Waals surface area contributed by atoms with Crippen molar-refractivity contribution in [2.75, 3.05) is 0 Å². The molecule has 5 heteroatoms. The number of benzene rings is 1. The molecule has 0 radical (unpaired) electrons. The van der Waals surface area contributed by atoms with Crippen LogP contribution in [-0.4, -0.2) is 16.0 Å². The highest BCUT2D eigenvalue weighted by molar-refractivity contribution is 5.77. The molecule has 1 heterocycles. The van der Waals surface area contributed by atoms with Gasteiger partial charge in [-0.05, 0) is 68.4 Å². The molecule has 1 aromatic heterocycles. The molecule has 5 nitrogen and oxygen atoms in total. The molecule has 4 saturated carbocycles. The Bertz CT molecular complexity index is 843. The molecule has 0 aliphatic heterocycles. The molecule has 2 aromatic rings. The van der Waals surface area contributed by atoms with E-state index >= 15 is 0 Å². The second-order valence-electron chi connectivity index (χ2n) is 8.48. The number of rotatable bonds is 4. The zero-order chi connectivity index (χ0) is 17.0. The molecule has 1 aromatic carbocycles. The van der Waals surface area contributed by atoms with E-state index in [9.17, 15) is 9.59 Å². The van der Waals surface area contributed by atoms with Gasteiger partial charge >= 0.3 is 5.76 Å². The van der Waals surface area contributed by atoms with Crippen molar-refractivity contribution in [1.29, 1.82) is 0 Å². The number of nitrogens with zero attached hydrogens (tertiary/aromatic N) is 1. The van der Waals surface area contributed by atoms with E-state index in [-0.39, 0.29) is 17.2 Å². The summed E-state index contributed by atoms with van der Waals surface area (Å²) in [5.74, 6) is 2.12. The number of fused-ring (bicyclic) bond motifs is 1. The van der Waals surface area contributed by atoms with Crippen molar-refractivity contribution >= 4 is 17.0 Å². The van der Waals surface area contributed by atoms with Crippen LogP contribution in [0.1, 0.15) is 44.9 Å². The molecule has 1 amide bonds. The third kappa shape index (κ3) is 2.60. The van der Waals surface area contributed by atoms with Gasteiger partial charge < -0.3 is 9.73 Å². The Morgan fingerprint density at radius 3 is 2.44 bits per heavy atom. The number of para-hydroxylation sites is 2. The lowest BCUT2D eigenvalue weighted by Crippen LogP contribution is -2.59. The van der Waals surface area contributed by atoms with Crippen molar-refractivity contribution < 1.29 is 9.21 Å². The summed E-state index contributed by atoms with van der Waals surface area (Å²) >= 11 is 0. The van der Waals surface area contributed by atoms with Crippen LogP contribution < -0.4 is 11.1 Å². The van der Waals surface area contributed by atoms with E-state index in [1.807, 2.05) is 18.2 Å². The molecule has 0 atom stereocenters. The summed E-state index contributed by atoms with van der Waals surface area (Å²) in [6, 6.07) is 7.36. The lowest BCUT2D eigenvalue weighted by atomic mass is 9.53. The maximum absolute atomic E-state index is 12.6. The normalized spacial score (nSPS) is 33.0. The summed E-state index contributed by atoms with van der Waals surface area (Å²) < 4.78 is 6.81. The van der Waals surface area contributed by atoms with E-state index in [0.29, 0.717) is 18.5 Å². The van der Waals surface area contributed by atoms with Crippen LogP contribution in [0.5, 0.6) is 0 Å². The molecule has 4 aliphatic rings. The minimum atomic E-state index is -0.385. The molecule has 132 valence electrons. The van der Waals surface area contributed by atoms with Gasteiger partial charge in [0.1, 0.15) is 0 Å². The van der Waals surface area contributed by atoms with E-state index in [4.69, 9.17) is 4.42 Å². The minimum Gasteiger partial charge on any atom is -0.408 e. The van der Waals surface area contributed by atoms with Gasteiger partial charge in [-0.1, -0.05) is 12.1 Å². The van der Waals surface area contributed by atoms with Gasteiger partial charge in [-0.3, -0.25) is 9.36 Å². The van der Waals surface area contributed by atoms with Crippen LogP contribution in [0.25, 0.3) is 11.1 Å². The number of aromatic nitrogens is 1. The smallest absolute Gasteiger partial charge is 0.408 e. The Hall–Kier alpha value is -2.04. The average molecular weight is 340 g/mol. The fourth-order valence-electron chi connectivity index (χ4n) is 6.06. The summed E-state index contributed by atoms with van der Waals surface area (Å²) in [4.78, 5) is 24.6. The number of aryl methyl sites for hydroxylation is 1. The lowest BCUT2D eigenvalue weighted by Gasteiger charge is -2.56. The second-order valence-corrected chi connectivity index (χ2v) is 8.48. The number of amides is 1. The van der Waals surface area contributed by atoms with Crippen LogP contribution in [0.4, 0.5) is 0 Å². The minimum absolute atomic E-state index is 0.0370. The number of hydrogen-bond acceptors (Lipinski definition) is 3. The molecule has 4 aliphatic carbocycles. The Morgan fingerprint density at radius 1 is 1.12 bits per heavy atom. The first-order valence-corrected chi connectivity index (χ1v) is 9.50. The summed E-state index contributed by atoms with van der Waals surface area (Å²) in [6.45, 7) is 0.369.